The number of benzene rings is 1. The van der Waals surface area contributed by atoms with Crippen molar-refractivity contribution in [3.05, 3.63) is 41.5 Å². The van der Waals surface area contributed by atoms with Crippen molar-refractivity contribution >= 4 is 23.6 Å². The van der Waals surface area contributed by atoms with Crippen LogP contribution in [-0.4, -0.2) is 29.8 Å². The van der Waals surface area contributed by atoms with Crippen molar-refractivity contribution in [2.75, 3.05) is 19.0 Å². The molecule has 0 aliphatic heterocycles. The molecule has 0 saturated heterocycles. The Hall–Kier alpha value is -1.28. The van der Waals surface area contributed by atoms with Crippen LogP contribution in [0.15, 0.2) is 35.9 Å². The van der Waals surface area contributed by atoms with Crippen LogP contribution in [0.1, 0.15) is 26.3 Å². The minimum Gasteiger partial charge on any atom is -0.337 e. The van der Waals surface area contributed by atoms with Crippen molar-refractivity contribution in [3.8, 4) is 0 Å². The third-order valence-corrected chi connectivity index (χ3v) is 2.93. The first kappa shape index (κ1) is 15.8. The molecule has 19 heavy (non-hydrogen) atoms. The highest BCUT2D eigenvalue weighted by Gasteiger charge is 2.13. The highest BCUT2D eigenvalue weighted by Crippen LogP contribution is 2.10. The summed E-state index contributed by atoms with van der Waals surface area (Å²) >= 11 is 5.66. The predicted octanol–water partition coefficient (Wildman–Crippen LogP) is 3.81. The van der Waals surface area contributed by atoms with Crippen molar-refractivity contribution in [2.45, 2.75) is 20.8 Å². The standard InChI is InChI=1S/C16H22ClNO/c1-13(2)11-18(16(19)10-17)12-14(3)9-15-7-5-4-6-8-15/h4-9,13H,10-12H2,1-3H3/b14-9+. The highest BCUT2D eigenvalue weighted by molar-refractivity contribution is 6.27. The lowest BCUT2D eigenvalue weighted by Gasteiger charge is -2.24. The molecule has 0 N–H and O–H groups in total. The monoisotopic (exact) mass is 279 g/mol. The third kappa shape index (κ3) is 5.93. The third-order valence-electron chi connectivity index (χ3n) is 2.71. The smallest absolute Gasteiger partial charge is 0.237 e. The molecule has 0 fully saturated rings. The number of nitrogens with zero attached hydrogens (tertiary/aromatic N) is 1. The molecule has 0 aromatic heterocycles. The Bertz CT molecular complexity index is 426. The zero-order valence-corrected chi connectivity index (χ0v) is 12.7. The maximum Gasteiger partial charge on any atom is 0.237 e. The topological polar surface area (TPSA) is 20.3 Å². The lowest BCUT2D eigenvalue weighted by atomic mass is 10.1. The number of halogens is 1. The SMILES string of the molecule is C/C(=C\c1ccccc1)CN(CC(C)C)C(=O)CCl. The first-order chi connectivity index (χ1) is 9.02. The molecule has 1 aromatic rings. The molecule has 0 heterocycles. The minimum absolute atomic E-state index is 0.00354. The van der Waals surface area contributed by atoms with Gasteiger partial charge in [0.15, 0.2) is 0 Å². The predicted molar refractivity (Wildman–Crippen MR) is 82.2 cm³/mol. The van der Waals surface area contributed by atoms with Crippen molar-refractivity contribution in [1.29, 1.82) is 0 Å². The molecule has 0 radical (unpaired) electrons. The Kier molecular flexibility index (Phi) is 6.65. The number of carbonyl (C=O) groups excluding carboxylic acids is 1. The van der Waals surface area contributed by atoms with Gasteiger partial charge in [0.05, 0.1) is 0 Å². The second-order valence-corrected chi connectivity index (χ2v) is 5.47. The maximum atomic E-state index is 11.8. The number of rotatable bonds is 6. The van der Waals surface area contributed by atoms with Gasteiger partial charge in [-0.25, -0.2) is 0 Å². The van der Waals surface area contributed by atoms with Crippen molar-refractivity contribution in [2.24, 2.45) is 5.92 Å². The van der Waals surface area contributed by atoms with Gasteiger partial charge in [0.25, 0.3) is 0 Å². The molecular formula is C16H22ClNO. The van der Waals surface area contributed by atoms with Crippen LogP contribution < -0.4 is 0 Å². The molecule has 0 spiro atoms. The quantitative estimate of drug-likeness (QED) is 0.725. The second kappa shape index (κ2) is 8.00. The van der Waals surface area contributed by atoms with Crippen LogP contribution in [0.25, 0.3) is 6.08 Å². The van der Waals surface area contributed by atoms with Crippen LogP contribution in [0.5, 0.6) is 0 Å². The van der Waals surface area contributed by atoms with Gasteiger partial charge in [0.1, 0.15) is 5.88 Å². The van der Waals surface area contributed by atoms with Gasteiger partial charge in [-0.2, -0.15) is 0 Å². The molecular weight excluding hydrogens is 258 g/mol. The van der Waals surface area contributed by atoms with Gasteiger partial charge < -0.3 is 4.90 Å². The fraction of sp³-hybridized carbons (Fsp3) is 0.438. The number of hydrogen-bond acceptors (Lipinski definition) is 1. The number of hydrogen-bond donors (Lipinski definition) is 0. The van der Waals surface area contributed by atoms with Gasteiger partial charge in [-0.05, 0) is 18.4 Å². The van der Waals surface area contributed by atoms with E-state index in [9.17, 15) is 4.79 Å². The molecule has 0 aliphatic rings. The Balaban J connectivity index is 2.73. The van der Waals surface area contributed by atoms with E-state index in [0.717, 1.165) is 17.7 Å². The van der Waals surface area contributed by atoms with Crippen molar-refractivity contribution in [1.82, 2.24) is 4.90 Å². The Morgan fingerprint density at radius 2 is 1.95 bits per heavy atom. The van der Waals surface area contributed by atoms with Crippen LogP contribution in [0.2, 0.25) is 0 Å². The number of alkyl halides is 1. The summed E-state index contributed by atoms with van der Waals surface area (Å²) in [6.45, 7) is 7.63. The molecule has 0 atom stereocenters. The molecule has 0 saturated carbocycles. The van der Waals surface area contributed by atoms with Crippen LogP contribution in [0.3, 0.4) is 0 Å². The van der Waals surface area contributed by atoms with Crippen molar-refractivity contribution < 1.29 is 4.79 Å². The molecule has 1 rings (SSSR count). The Labute approximate surface area is 121 Å². The summed E-state index contributed by atoms with van der Waals surface area (Å²) in [5.74, 6) is 0.485. The largest absolute Gasteiger partial charge is 0.337 e. The maximum absolute atomic E-state index is 11.8. The summed E-state index contributed by atoms with van der Waals surface area (Å²) in [6.07, 6.45) is 2.11. The zero-order chi connectivity index (χ0) is 14.3. The Morgan fingerprint density at radius 1 is 1.32 bits per heavy atom. The Morgan fingerprint density at radius 3 is 2.47 bits per heavy atom. The fourth-order valence-electron chi connectivity index (χ4n) is 1.96. The van der Waals surface area contributed by atoms with E-state index < -0.39 is 0 Å². The summed E-state index contributed by atoms with van der Waals surface area (Å²) in [5, 5.41) is 0. The molecule has 0 bridgehead atoms. The van der Waals surface area contributed by atoms with E-state index in [0.29, 0.717) is 12.5 Å². The molecule has 0 aliphatic carbocycles. The van der Waals surface area contributed by atoms with E-state index in [1.807, 2.05) is 30.0 Å². The van der Waals surface area contributed by atoms with E-state index in [-0.39, 0.29) is 11.8 Å². The normalized spacial score (nSPS) is 11.7. The molecule has 3 heteroatoms. The molecule has 1 amide bonds. The zero-order valence-electron chi connectivity index (χ0n) is 11.9. The average molecular weight is 280 g/mol. The highest BCUT2D eigenvalue weighted by atomic mass is 35.5. The molecule has 0 unspecified atom stereocenters. The molecule has 2 nitrogen and oxygen atoms in total. The number of amides is 1. The van der Waals surface area contributed by atoms with E-state index in [1.165, 1.54) is 0 Å². The van der Waals surface area contributed by atoms with Gasteiger partial charge >= 0.3 is 0 Å². The first-order valence-corrected chi connectivity index (χ1v) is 7.12. The van der Waals surface area contributed by atoms with Crippen LogP contribution in [-0.2, 0) is 4.79 Å². The summed E-state index contributed by atoms with van der Waals surface area (Å²) in [4.78, 5) is 13.6. The second-order valence-electron chi connectivity index (χ2n) is 5.20. The van der Waals surface area contributed by atoms with Crippen LogP contribution in [0.4, 0.5) is 0 Å². The van der Waals surface area contributed by atoms with E-state index in [4.69, 9.17) is 11.6 Å². The van der Waals surface area contributed by atoms with E-state index in [2.05, 4.69) is 32.1 Å². The summed E-state index contributed by atoms with van der Waals surface area (Å²) in [7, 11) is 0. The van der Waals surface area contributed by atoms with Gasteiger partial charge in [0.2, 0.25) is 5.91 Å². The van der Waals surface area contributed by atoms with Crippen LogP contribution >= 0.6 is 11.6 Å². The summed E-state index contributed by atoms with van der Waals surface area (Å²) < 4.78 is 0. The first-order valence-electron chi connectivity index (χ1n) is 6.59. The average Bonchev–Trinajstić information content (AvgIpc) is 2.37. The van der Waals surface area contributed by atoms with E-state index >= 15 is 0 Å². The van der Waals surface area contributed by atoms with E-state index in [1.54, 1.807) is 0 Å². The van der Waals surface area contributed by atoms with Crippen molar-refractivity contribution in [3.63, 3.8) is 0 Å². The van der Waals surface area contributed by atoms with Gasteiger partial charge in [-0.1, -0.05) is 55.8 Å². The molecule has 104 valence electrons. The van der Waals surface area contributed by atoms with Gasteiger partial charge in [0, 0.05) is 13.1 Å². The fourth-order valence-corrected chi connectivity index (χ4v) is 2.13. The minimum atomic E-state index is -0.00354. The summed E-state index contributed by atoms with van der Waals surface area (Å²) in [6, 6.07) is 10.1. The lowest BCUT2D eigenvalue weighted by molar-refractivity contribution is -0.128. The number of carbonyl (C=O) groups is 1. The van der Waals surface area contributed by atoms with Gasteiger partial charge in [-0.3, -0.25) is 4.79 Å². The molecule has 1 aromatic carbocycles. The van der Waals surface area contributed by atoms with Gasteiger partial charge in [-0.15, -0.1) is 11.6 Å². The lowest BCUT2D eigenvalue weighted by Crippen LogP contribution is -2.36. The summed E-state index contributed by atoms with van der Waals surface area (Å²) in [5.41, 5.74) is 2.31. The van der Waals surface area contributed by atoms with Crippen LogP contribution in [0, 0.1) is 5.92 Å².